The summed E-state index contributed by atoms with van der Waals surface area (Å²) >= 11 is 3.19. The maximum atomic E-state index is 13.9. The predicted octanol–water partition coefficient (Wildman–Crippen LogP) is 4.73. The van der Waals surface area contributed by atoms with Crippen LogP contribution in [0.5, 0.6) is 0 Å². The van der Waals surface area contributed by atoms with E-state index in [1.807, 2.05) is 30.3 Å². The lowest BCUT2D eigenvalue weighted by Gasteiger charge is -2.05. The first kappa shape index (κ1) is 12.3. The van der Waals surface area contributed by atoms with Gasteiger partial charge in [0, 0.05) is 23.7 Å². The van der Waals surface area contributed by atoms with Gasteiger partial charge in [-0.1, -0.05) is 36.4 Å². The quantitative estimate of drug-likeness (QED) is 0.666. The van der Waals surface area contributed by atoms with Crippen molar-refractivity contribution in [2.75, 3.05) is 0 Å². The third-order valence-electron chi connectivity index (χ3n) is 3.08. The zero-order valence-corrected chi connectivity index (χ0v) is 11.7. The van der Waals surface area contributed by atoms with Gasteiger partial charge in [-0.2, -0.15) is 0 Å². The first-order valence-corrected chi connectivity index (χ1v) is 6.80. The van der Waals surface area contributed by atoms with Crippen molar-refractivity contribution in [3.63, 3.8) is 0 Å². The van der Waals surface area contributed by atoms with Crippen LogP contribution in [0, 0.1) is 5.82 Å². The molecule has 94 valence electrons. The van der Waals surface area contributed by atoms with E-state index in [4.69, 9.17) is 0 Å². The van der Waals surface area contributed by atoms with Crippen LogP contribution in [-0.2, 0) is 6.42 Å². The van der Waals surface area contributed by atoms with Gasteiger partial charge in [-0.05, 0) is 39.0 Å². The monoisotopic (exact) mass is 315 g/mol. The van der Waals surface area contributed by atoms with Gasteiger partial charge in [-0.15, -0.1) is 0 Å². The maximum Gasteiger partial charge on any atom is 0.146 e. The van der Waals surface area contributed by atoms with E-state index in [0.29, 0.717) is 9.86 Å². The molecule has 0 aliphatic carbocycles. The van der Waals surface area contributed by atoms with Crippen molar-refractivity contribution < 1.29 is 4.39 Å². The summed E-state index contributed by atoms with van der Waals surface area (Å²) in [4.78, 5) is 4.34. The molecule has 3 heteroatoms. The second kappa shape index (κ2) is 5.10. The van der Waals surface area contributed by atoms with Crippen LogP contribution in [-0.4, -0.2) is 4.98 Å². The van der Waals surface area contributed by atoms with Crippen LogP contribution in [0.4, 0.5) is 4.39 Å². The first-order chi connectivity index (χ1) is 9.24. The Bertz CT molecular complexity index is 725. The Labute approximate surface area is 119 Å². The average Bonchev–Trinajstić information content (AvgIpc) is 2.44. The Balaban J connectivity index is 2.01. The molecule has 0 radical (unpaired) electrons. The van der Waals surface area contributed by atoms with E-state index >= 15 is 0 Å². The molecule has 0 spiro atoms. The van der Waals surface area contributed by atoms with E-state index in [9.17, 15) is 4.39 Å². The van der Waals surface area contributed by atoms with Gasteiger partial charge in [0.15, 0.2) is 0 Å². The van der Waals surface area contributed by atoms with Crippen molar-refractivity contribution in [3.8, 4) is 0 Å². The molecule has 1 heterocycles. The van der Waals surface area contributed by atoms with Crippen LogP contribution >= 0.6 is 15.9 Å². The molecule has 0 fully saturated rings. The van der Waals surface area contributed by atoms with Crippen LogP contribution in [0.3, 0.4) is 0 Å². The highest BCUT2D eigenvalue weighted by Gasteiger charge is 2.06. The Morgan fingerprint density at radius 1 is 1.05 bits per heavy atom. The lowest BCUT2D eigenvalue weighted by molar-refractivity contribution is 0.633. The van der Waals surface area contributed by atoms with E-state index in [1.165, 1.54) is 5.56 Å². The Morgan fingerprint density at radius 3 is 2.63 bits per heavy atom. The summed E-state index contributed by atoms with van der Waals surface area (Å²) < 4.78 is 14.3. The van der Waals surface area contributed by atoms with E-state index in [2.05, 4.69) is 33.0 Å². The second-order valence-electron chi connectivity index (χ2n) is 4.42. The zero-order valence-electron chi connectivity index (χ0n) is 10.1. The van der Waals surface area contributed by atoms with Crippen LogP contribution < -0.4 is 0 Å². The summed E-state index contributed by atoms with van der Waals surface area (Å²) in [5, 5.41) is 1.42. The minimum atomic E-state index is -0.253. The molecule has 0 bridgehead atoms. The van der Waals surface area contributed by atoms with Crippen LogP contribution in [0.15, 0.2) is 59.2 Å². The molecular weight excluding hydrogens is 305 g/mol. The second-order valence-corrected chi connectivity index (χ2v) is 5.27. The summed E-state index contributed by atoms with van der Waals surface area (Å²) in [5.41, 5.74) is 2.15. The highest BCUT2D eigenvalue weighted by atomic mass is 79.9. The molecular formula is C16H11BrFN. The van der Waals surface area contributed by atoms with Crippen LogP contribution in [0.1, 0.15) is 11.3 Å². The van der Waals surface area contributed by atoms with Crippen molar-refractivity contribution >= 4 is 26.7 Å². The molecule has 1 aromatic heterocycles. The first-order valence-electron chi connectivity index (χ1n) is 6.00. The van der Waals surface area contributed by atoms with E-state index in [-0.39, 0.29) is 5.82 Å². The van der Waals surface area contributed by atoms with E-state index < -0.39 is 0 Å². The fraction of sp³-hybridized carbons (Fsp3) is 0.0625. The largest absolute Gasteiger partial charge is 0.260 e. The van der Waals surface area contributed by atoms with Gasteiger partial charge in [-0.25, -0.2) is 4.39 Å². The number of nitrogens with zero attached hydrogens (tertiary/aromatic N) is 1. The standard InChI is InChI=1S/C16H11BrFN/c17-15-7-6-12-9-13(19-10-14(12)16(15)18)8-11-4-2-1-3-5-11/h1-7,9-10H,8H2. The van der Waals surface area contributed by atoms with Gasteiger partial charge >= 0.3 is 0 Å². The summed E-state index contributed by atoms with van der Waals surface area (Å²) in [6, 6.07) is 15.7. The Hall–Kier alpha value is -1.74. The summed E-state index contributed by atoms with van der Waals surface area (Å²) in [7, 11) is 0. The number of pyridine rings is 1. The molecule has 0 aliphatic rings. The summed E-state index contributed by atoms with van der Waals surface area (Å²) in [5.74, 6) is -0.253. The molecule has 1 nitrogen and oxygen atoms in total. The van der Waals surface area contributed by atoms with Crippen molar-refractivity contribution in [3.05, 3.63) is 76.3 Å². The molecule has 3 aromatic rings. The minimum absolute atomic E-state index is 0.253. The molecule has 0 N–H and O–H groups in total. The number of hydrogen-bond acceptors (Lipinski definition) is 1. The fourth-order valence-electron chi connectivity index (χ4n) is 2.10. The molecule has 0 unspecified atom stereocenters. The minimum Gasteiger partial charge on any atom is -0.260 e. The van der Waals surface area contributed by atoms with E-state index in [1.54, 1.807) is 12.3 Å². The van der Waals surface area contributed by atoms with Gasteiger partial charge in [0.05, 0.1) is 4.47 Å². The third kappa shape index (κ3) is 2.51. The fourth-order valence-corrected chi connectivity index (χ4v) is 2.45. The normalized spacial score (nSPS) is 10.8. The number of fused-ring (bicyclic) bond motifs is 1. The lowest BCUT2D eigenvalue weighted by atomic mass is 10.1. The van der Waals surface area contributed by atoms with Gasteiger partial charge in [-0.3, -0.25) is 4.98 Å². The van der Waals surface area contributed by atoms with Crippen molar-refractivity contribution in [1.29, 1.82) is 0 Å². The van der Waals surface area contributed by atoms with Gasteiger partial charge in [0.25, 0.3) is 0 Å². The lowest BCUT2D eigenvalue weighted by Crippen LogP contribution is -1.93. The van der Waals surface area contributed by atoms with Gasteiger partial charge in [0.2, 0.25) is 0 Å². The third-order valence-corrected chi connectivity index (χ3v) is 3.69. The summed E-state index contributed by atoms with van der Waals surface area (Å²) in [6.45, 7) is 0. The molecule has 0 amide bonds. The highest BCUT2D eigenvalue weighted by molar-refractivity contribution is 9.10. The topological polar surface area (TPSA) is 12.9 Å². The number of aromatic nitrogens is 1. The van der Waals surface area contributed by atoms with Crippen LogP contribution in [0.2, 0.25) is 0 Å². The molecule has 19 heavy (non-hydrogen) atoms. The highest BCUT2D eigenvalue weighted by Crippen LogP contribution is 2.25. The van der Waals surface area contributed by atoms with E-state index in [0.717, 1.165) is 17.5 Å². The zero-order chi connectivity index (χ0) is 13.2. The molecule has 2 aromatic carbocycles. The molecule has 0 saturated heterocycles. The van der Waals surface area contributed by atoms with Crippen LogP contribution in [0.25, 0.3) is 10.8 Å². The molecule has 0 atom stereocenters. The van der Waals surface area contributed by atoms with Gasteiger partial charge < -0.3 is 0 Å². The predicted molar refractivity (Wildman–Crippen MR) is 78.6 cm³/mol. The number of rotatable bonds is 2. The smallest absolute Gasteiger partial charge is 0.146 e. The van der Waals surface area contributed by atoms with Crippen molar-refractivity contribution in [2.24, 2.45) is 0 Å². The molecule has 0 aliphatic heterocycles. The van der Waals surface area contributed by atoms with Gasteiger partial charge in [0.1, 0.15) is 5.82 Å². The number of benzene rings is 2. The average molecular weight is 316 g/mol. The Morgan fingerprint density at radius 2 is 1.84 bits per heavy atom. The van der Waals surface area contributed by atoms with Crippen molar-refractivity contribution in [1.82, 2.24) is 4.98 Å². The maximum absolute atomic E-state index is 13.9. The molecule has 3 rings (SSSR count). The molecule has 0 saturated carbocycles. The SMILES string of the molecule is Fc1c(Br)ccc2cc(Cc3ccccc3)ncc12. The number of halogens is 2. The van der Waals surface area contributed by atoms with Crippen molar-refractivity contribution in [2.45, 2.75) is 6.42 Å². The summed E-state index contributed by atoms with van der Waals surface area (Å²) in [6.07, 6.45) is 2.36. The Kier molecular flexibility index (Phi) is 3.30. The number of hydrogen-bond donors (Lipinski definition) is 0.